The molecule has 5 heteroatoms. The zero-order valence-corrected chi connectivity index (χ0v) is 16.1. The molecular weight excluding hydrogens is 340 g/mol. The van der Waals surface area contributed by atoms with Gasteiger partial charge in [0.2, 0.25) is 0 Å². The van der Waals surface area contributed by atoms with Gasteiger partial charge in [0.25, 0.3) is 5.91 Å². The van der Waals surface area contributed by atoms with Crippen LogP contribution in [0, 0.1) is 5.92 Å². The number of carbonyl (C=O) groups is 2. The van der Waals surface area contributed by atoms with E-state index in [0.29, 0.717) is 24.4 Å². The molecule has 5 nitrogen and oxygen atoms in total. The summed E-state index contributed by atoms with van der Waals surface area (Å²) in [6, 6.07) is 17.2. The van der Waals surface area contributed by atoms with Crippen LogP contribution in [0.1, 0.15) is 47.9 Å². The molecule has 1 amide bonds. The lowest BCUT2D eigenvalue weighted by molar-refractivity contribution is -0.734. The molecule has 1 aliphatic heterocycles. The summed E-state index contributed by atoms with van der Waals surface area (Å²) >= 11 is 0. The number of nitrogens with zero attached hydrogens (tertiary/aromatic N) is 1. The fourth-order valence-electron chi connectivity index (χ4n) is 3.69. The molecule has 3 rings (SSSR count). The smallest absolute Gasteiger partial charge is 0.364 e. The Hall–Kier alpha value is -2.66. The SMILES string of the molecule is COC(=O)[C@@H](CC(C)C)[NH2+][C@@H]1c2ccccc2C(=O)N1Cc1ccccc1. The molecule has 2 N–H and O–H groups in total. The van der Waals surface area contributed by atoms with Crippen molar-refractivity contribution in [1.82, 2.24) is 4.90 Å². The van der Waals surface area contributed by atoms with Crippen LogP contribution in [-0.4, -0.2) is 29.9 Å². The molecule has 142 valence electrons. The largest absolute Gasteiger partial charge is 0.465 e. The van der Waals surface area contributed by atoms with E-state index < -0.39 is 0 Å². The molecule has 0 unspecified atom stereocenters. The Morgan fingerprint density at radius 1 is 1.11 bits per heavy atom. The minimum absolute atomic E-state index is 0.00358. The lowest BCUT2D eigenvalue weighted by Gasteiger charge is -2.27. The molecule has 0 radical (unpaired) electrons. The monoisotopic (exact) mass is 367 g/mol. The second-order valence-electron chi connectivity index (χ2n) is 7.40. The number of esters is 1. The average molecular weight is 367 g/mol. The predicted molar refractivity (Wildman–Crippen MR) is 103 cm³/mol. The van der Waals surface area contributed by atoms with Crippen LogP contribution in [-0.2, 0) is 16.1 Å². The first-order valence-corrected chi connectivity index (χ1v) is 9.38. The van der Waals surface area contributed by atoms with Crippen molar-refractivity contribution in [3.05, 3.63) is 71.3 Å². The van der Waals surface area contributed by atoms with Crippen molar-refractivity contribution >= 4 is 11.9 Å². The molecular formula is C22H27N2O3+. The summed E-state index contributed by atoms with van der Waals surface area (Å²) in [5, 5.41) is 1.98. The van der Waals surface area contributed by atoms with Gasteiger partial charge in [-0.05, 0) is 17.5 Å². The number of carbonyl (C=O) groups excluding carboxylic acids is 2. The van der Waals surface area contributed by atoms with Crippen LogP contribution in [0.4, 0.5) is 0 Å². The van der Waals surface area contributed by atoms with E-state index in [1.54, 1.807) is 0 Å². The minimum atomic E-state index is -0.350. The van der Waals surface area contributed by atoms with E-state index in [0.717, 1.165) is 11.1 Å². The number of quaternary nitrogens is 1. The Morgan fingerprint density at radius 2 is 1.78 bits per heavy atom. The molecule has 0 fully saturated rings. The van der Waals surface area contributed by atoms with Crippen LogP contribution in [0.25, 0.3) is 0 Å². The molecule has 0 bridgehead atoms. The van der Waals surface area contributed by atoms with Gasteiger partial charge >= 0.3 is 5.97 Å². The Balaban J connectivity index is 1.92. The molecule has 1 heterocycles. The number of ether oxygens (including phenoxy) is 1. The fraction of sp³-hybridized carbons (Fsp3) is 0.364. The van der Waals surface area contributed by atoms with E-state index in [1.165, 1.54) is 7.11 Å². The molecule has 1 aliphatic rings. The second-order valence-corrected chi connectivity index (χ2v) is 7.40. The molecule has 2 aromatic carbocycles. The van der Waals surface area contributed by atoms with Crippen LogP contribution >= 0.6 is 0 Å². The highest BCUT2D eigenvalue weighted by molar-refractivity contribution is 5.98. The van der Waals surface area contributed by atoms with Crippen molar-refractivity contribution in [3.63, 3.8) is 0 Å². The van der Waals surface area contributed by atoms with Gasteiger partial charge in [0.1, 0.15) is 0 Å². The third-order valence-corrected chi connectivity index (χ3v) is 4.95. The van der Waals surface area contributed by atoms with Crippen molar-refractivity contribution in [2.45, 2.75) is 39.0 Å². The van der Waals surface area contributed by atoms with Crippen molar-refractivity contribution in [1.29, 1.82) is 0 Å². The second kappa shape index (κ2) is 8.35. The number of hydrogen-bond donors (Lipinski definition) is 1. The molecule has 2 atom stereocenters. The highest BCUT2D eigenvalue weighted by Gasteiger charge is 2.42. The van der Waals surface area contributed by atoms with Crippen LogP contribution in [0.2, 0.25) is 0 Å². The number of rotatable bonds is 7. The Labute approximate surface area is 160 Å². The standard InChI is InChI=1S/C22H26N2O3/c1-15(2)13-19(22(26)27-3)23-20-17-11-7-8-12-18(17)21(25)24(20)14-16-9-5-4-6-10-16/h4-12,15,19-20,23H,13-14H2,1-3H3/p+1/t19-,20+/m1/s1. The van der Waals surface area contributed by atoms with Gasteiger partial charge in [-0.3, -0.25) is 9.69 Å². The van der Waals surface area contributed by atoms with Crippen LogP contribution in [0.5, 0.6) is 0 Å². The molecule has 0 spiro atoms. The van der Waals surface area contributed by atoms with Gasteiger partial charge in [-0.25, -0.2) is 4.79 Å². The lowest BCUT2D eigenvalue weighted by Crippen LogP contribution is -2.94. The fourth-order valence-corrected chi connectivity index (χ4v) is 3.69. The summed E-state index contributed by atoms with van der Waals surface area (Å²) < 4.78 is 5.02. The number of benzene rings is 2. The zero-order chi connectivity index (χ0) is 19.4. The van der Waals surface area contributed by atoms with Gasteiger partial charge in [-0.15, -0.1) is 0 Å². The third-order valence-electron chi connectivity index (χ3n) is 4.95. The molecule has 0 aromatic heterocycles. The van der Waals surface area contributed by atoms with Gasteiger partial charge in [0, 0.05) is 12.0 Å². The number of hydrogen-bond acceptors (Lipinski definition) is 3. The van der Waals surface area contributed by atoms with Crippen molar-refractivity contribution in [2.24, 2.45) is 5.92 Å². The van der Waals surface area contributed by atoms with E-state index in [4.69, 9.17) is 4.74 Å². The van der Waals surface area contributed by atoms with Gasteiger partial charge in [-0.1, -0.05) is 62.4 Å². The van der Waals surface area contributed by atoms with E-state index in [2.05, 4.69) is 13.8 Å². The van der Waals surface area contributed by atoms with Crippen molar-refractivity contribution in [2.75, 3.05) is 7.11 Å². The van der Waals surface area contributed by atoms with Crippen LogP contribution < -0.4 is 5.32 Å². The Bertz CT molecular complexity index is 804. The van der Waals surface area contributed by atoms with Gasteiger partial charge in [0.05, 0.1) is 19.2 Å². The Morgan fingerprint density at radius 3 is 2.44 bits per heavy atom. The summed E-state index contributed by atoms with van der Waals surface area (Å²) in [6.45, 7) is 4.67. The summed E-state index contributed by atoms with van der Waals surface area (Å²) in [5.41, 5.74) is 2.73. The van der Waals surface area contributed by atoms with E-state index in [1.807, 2.05) is 64.8 Å². The van der Waals surface area contributed by atoms with E-state index in [9.17, 15) is 9.59 Å². The number of fused-ring (bicyclic) bond motifs is 1. The maximum atomic E-state index is 13.0. The summed E-state index contributed by atoms with van der Waals surface area (Å²) in [6.07, 6.45) is 0.454. The van der Waals surface area contributed by atoms with Crippen LogP contribution in [0.15, 0.2) is 54.6 Å². The van der Waals surface area contributed by atoms with Gasteiger partial charge in [0.15, 0.2) is 12.2 Å². The van der Waals surface area contributed by atoms with Gasteiger partial charge in [-0.2, -0.15) is 0 Å². The highest BCUT2D eigenvalue weighted by Crippen LogP contribution is 2.30. The summed E-state index contributed by atoms with van der Waals surface area (Å²) in [4.78, 5) is 27.2. The number of amides is 1. The summed E-state index contributed by atoms with van der Waals surface area (Å²) in [7, 11) is 1.42. The number of methoxy groups -OCH3 is 1. The average Bonchev–Trinajstić information content (AvgIpc) is 2.93. The van der Waals surface area contributed by atoms with E-state index in [-0.39, 0.29) is 24.1 Å². The molecule has 0 saturated heterocycles. The molecule has 0 saturated carbocycles. The summed E-state index contributed by atoms with van der Waals surface area (Å²) in [5.74, 6) is 0.101. The predicted octanol–water partition coefficient (Wildman–Crippen LogP) is 2.49. The third kappa shape index (κ3) is 4.19. The highest BCUT2D eigenvalue weighted by atomic mass is 16.5. The quantitative estimate of drug-likeness (QED) is 0.765. The normalized spacial score (nSPS) is 17.1. The van der Waals surface area contributed by atoms with Crippen molar-refractivity contribution < 1.29 is 19.6 Å². The minimum Gasteiger partial charge on any atom is -0.465 e. The molecule has 0 aliphatic carbocycles. The first-order chi connectivity index (χ1) is 13.0. The molecule has 27 heavy (non-hydrogen) atoms. The lowest BCUT2D eigenvalue weighted by atomic mass is 10.0. The van der Waals surface area contributed by atoms with Gasteiger partial charge < -0.3 is 10.1 Å². The van der Waals surface area contributed by atoms with E-state index >= 15 is 0 Å². The zero-order valence-electron chi connectivity index (χ0n) is 16.1. The number of nitrogens with two attached hydrogens (primary N) is 1. The maximum Gasteiger partial charge on any atom is 0.364 e. The first-order valence-electron chi connectivity index (χ1n) is 9.38. The maximum absolute atomic E-state index is 13.0. The van der Waals surface area contributed by atoms with Crippen molar-refractivity contribution in [3.8, 4) is 0 Å². The Kier molecular flexibility index (Phi) is 5.91. The topological polar surface area (TPSA) is 63.2 Å². The first kappa shape index (κ1) is 19.1. The molecule has 2 aromatic rings. The van der Waals surface area contributed by atoms with Crippen LogP contribution in [0.3, 0.4) is 0 Å².